The number of carbonyl (C=O) groups excluding carboxylic acids is 1. The third-order valence-electron chi connectivity index (χ3n) is 6.00. The average Bonchev–Trinajstić information content (AvgIpc) is 3.17. The second kappa shape index (κ2) is 8.74. The quantitative estimate of drug-likeness (QED) is 0.448. The van der Waals surface area contributed by atoms with Crippen LogP contribution in [0.4, 0.5) is 5.69 Å². The van der Waals surface area contributed by atoms with Crippen molar-refractivity contribution < 1.29 is 4.79 Å². The lowest BCUT2D eigenvalue weighted by atomic mass is 9.85. The van der Waals surface area contributed by atoms with Gasteiger partial charge >= 0.3 is 0 Å². The molecule has 0 radical (unpaired) electrons. The number of benzene rings is 3. The number of hydrogen-bond acceptors (Lipinski definition) is 3. The molecule has 2 N–H and O–H groups in total. The molecule has 3 aromatic carbocycles. The Morgan fingerprint density at radius 2 is 1.74 bits per heavy atom. The molecular formula is C26H26N4O. The van der Waals surface area contributed by atoms with Gasteiger partial charge in [-0.15, -0.1) is 0 Å². The molecule has 1 aliphatic rings. The van der Waals surface area contributed by atoms with Crippen LogP contribution in [-0.2, 0) is 17.9 Å². The Labute approximate surface area is 182 Å². The minimum atomic E-state index is 0.155. The van der Waals surface area contributed by atoms with Crippen molar-refractivity contribution in [3.05, 3.63) is 90.3 Å². The summed E-state index contributed by atoms with van der Waals surface area (Å²) in [5.41, 5.74) is 6.48. The molecule has 1 amide bonds. The third-order valence-corrected chi connectivity index (χ3v) is 6.00. The number of anilines is 1. The first-order chi connectivity index (χ1) is 15.3. The molecule has 0 unspecified atom stereocenters. The zero-order chi connectivity index (χ0) is 21.0. The Kier molecular flexibility index (Phi) is 5.50. The van der Waals surface area contributed by atoms with Crippen LogP contribution in [0, 0.1) is 5.92 Å². The summed E-state index contributed by atoms with van der Waals surface area (Å²) < 4.78 is 2.11. The summed E-state index contributed by atoms with van der Waals surface area (Å²) in [5, 5.41) is 6.55. The van der Waals surface area contributed by atoms with Crippen molar-refractivity contribution in [3.63, 3.8) is 0 Å². The van der Waals surface area contributed by atoms with Crippen LogP contribution < -0.4 is 10.6 Å². The molecule has 0 atom stereocenters. The van der Waals surface area contributed by atoms with Crippen LogP contribution in [0.3, 0.4) is 0 Å². The highest BCUT2D eigenvalue weighted by Crippen LogP contribution is 2.27. The monoisotopic (exact) mass is 410 g/mol. The normalized spacial score (nSPS) is 13.8. The van der Waals surface area contributed by atoms with Gasteiger partial charge in [0.15, 0.2) is 0 Å². The zero-order valence-corrected chi connectivity index (χ0v) is 17.4. The summed E-state index contributed by atoms with van der Waals surface area (Å²) in [6.07, 6.45) is 5.07. The lowest BCUT2D eigenvalue weighted by molar-refractivity contribution is -0.122. The first-order valence-electron chi connectivity index (χ1n) is 10.9. The van der Waals surface area contributed by atoms with E-state index in [-0.39, 0.29) is 11.8 Å². The molecule has 1 heterocycles. The molecule has 0 spiro atoms. The smallest absolute Gasteiger partial charge is 0.227 e. The lowest BCUT2D eigenvalue weighted by Crippen LogP contribution is -2.28. The molecule has 4 aromatic rings. The molecule has 5 heteroatoms. The largest absolute Gasteiger partial charge is 0.326 e. The number of imidazole rings is 1. The van der Waals surface area contributed by atoms with Crippen LogP contribution in [0.25, 0.3) is 16.7 Å². The van der Waals surface area contributed by atoms with Gasteiger partial charge in [-0.2, -0.15) is 0 Å². The minimum Gasteiger partial charge on any atom is -0.326 e. The van der Waals surface area contributed by atoms with Crippen LogP contribution in [0.15, 0.2) is 79.1 Å². The Morgan fingerprint density at radius 1 is 0.935 bits per heavy atom. The maximum absolute atomic E-state index is 12.2. The van der Waals surface area contributed by atoms with E-state index >= 15 is 0 Å². The summed E-state index contributed by atoms with van der Waals surface area (Å²) in [6.45, 7) is 1.53. The van der Waals surface area contributed by atoms with Crippen molar-refractivity contribution in [2.45, 2.75) is 32.4 Å². The van der Waals surface area contributed by atoms with Gasteiger partial charge in [-0.1, -0.05) is 42.8 Å². The van der Waals surface area contributed by atoms with E-state index in [1.807, 2.05) is 36.7 Å². The first-order valence-corrected chi connectivity index (χ1v) is 10.9. The molecule has 5 nitrogen and oxygen atoms in total. The number of hydrogen-bond donors (Lipinski definition) is 2. The molecule has 1 fully saturated rings. The SMILES string of the molecule is O=C(Nc1cccc(CNCc2ccc(-n3cnc4ccccc43)cc2)c1)C1CCC1. The van der Waals surface area contributed by atoms with Gasteiger partial charge in [0.1, 0.15) is 6.33 Å². The van der Waals surface area contributed by atoms with Gasteiger partial charge in [-0.05, 0) is 60.4 Å². The van der Waals surface area contributed by atoms with Crippen LogP contribution >= 0.6 is 0 Å². The van der Waals surface area contributed by atoms with Gasteiger partial charge in [0.25, 0.3) is 0 Å². The van der Waals surface area contributed by atoms with Crippen LogP contribution in [0.5, 0.6) is 0 Å². The Balaban J connectivity index is 1.17. The number of para-hydroxylation sites is 2. The van der Waals surface area contributed by atoms with Crippen molar-refractivity contribution >= 4 is 22.6 Å². The van der Waals surface area contributed by atoms with E-state index in [1.54, 1.807) is 0 Å². The highest BCUT2D eigenvalue weighted by molar-refractivity contribution is 5.93. The van der Waals surface area contributed by atoms with Crippen molar-refractivity contribution in [3.8, 4) is 5.69 Å². The second-order valence-corrected chi connectivity index (χ2v) is 8.19. The molecule has 156 valence electrons. The van der Waals surface area contributed by atoms with Crippen molar-refractivity contribution in [1.29, 1.82) is 0 Å². The Bertz CT molecular complexity index is 1190. The molecule has 1 aliphatic carbocycles. The standard InChI is InChI=1S/C26H26N4O/c31-26(21-6-4-7-21)29-22-8-3-5-20(15-22)17-27-16-19-11-13-23(14-12-19)30-18-28-24-9-1-2-10-25(24)30/h1-3,5,8-15,18,21,27H,4,6-7,16-17H2,(H,29,31). The Hall–Kier alpha value is -3.44. The topological polar surface area (TPSA) is 59.0 Å². The minimum absolute atomic E-state index is 0.155. The molecule has 5 rings (SSSR count). The van der Waals surface area contributed by atoms with Gasteiger partial charge in [-0.25, -0.2) is 4.98 Å². The van der Waals surface area contributed by atoms with Crippen molar-refractivity contribution in [2.24, 2.45) is 5.92 Å². The molecule has 31 heavy (non-hydrogen) atoms. The predicted octanol–water partition coefficient (Wildman–Crippen LogP) is 5.05. The van der Waals surface area contributed by atoms with E-state index in [0.29, 0.717) is 0 Å². The number of aromatic nitrogens is 2. The molecular weight excluding hydrogens is 384 g/mol. The number of carbonyl (C=O) groups is 1. The van der Waals surface area contributed by atoms with E-state index < -0.39 is 0 Å². The van der Waals surface area contributed by atoms with E-state index in [9.17, 15) is 4.79 Å². The summed E-state index contributed by atoms with van der Waals surface area (Å²) in [6, 6.07) is 24.8. The van der Waals surface area contributed by atoms with E-state index in [4.69, 9.17) is 0 Å². The number of nitrogens with one attached hydrogen (secondary N) is 2. The van der Waals surface area contributed by atoms with Crippen LogP contribution in [0.2, 0.25) is 0 Å². The number of fused-ring (bicyclic) bond motifs is 1. The second-order valence-electron chi connectivity index (χ2n) is 8.19. The fraction of sp³-hybridized carbons (Fsp3) is 0.231. The molecule has 1 saturated carbocycles. The number of nitrogens with zero attached hydrogens (tertiary/aromatic N) is 2. The summed E-state index contributed by atoms with van der Waals surface area (Å²) in [4.78, 5) is 16.6. The number of amides is 1. The predicted molar refractivity (Wildman–Crippen MR) is 124 cm³/mol. The lowest BCUT2D eigenvalue weighted by Gasteiger charge is -2.24. The maximum Gasteiger partial charge on any atom is 0.227 e. The summed E-state index contributed by atoms with van der Waals surface area (Å²) >= 11 is 0. The first kappa shape index (κ1) is 19.5. The highest BCUT2D eigenvalue weighted by atomic mass is 16.1. The zero-order valence-electron chi connectivity index (χ0n) is 17.4. The third kappa shape index (κ3) is 4.37. The fourth-order valence-electron chi connectivity index (χ4n) is 3.96. The van der Waals surface area contributed by atoms with E-state index in [1.165, 1.54) is 12.0 Å². The average molecular weight is 411 g/mol. The van der Waals surface area contributed by atoms with Gasteiger partial charge in [0, 0.05) is 30.4 Å². The van der Waals surface area contributed by atoms with Gasteiger partial charge < -0.3 is 10.6 Å². The van der Waals surface area contributed by atoms with Crippen LogP contribution in [-0.4, -0.2) is 15.5 Å². The fourth-order valence-corrected chi connectivity index (χ4v) is 3.96. The molecule has 0 aliphatic heterocycles. The Morgan fingerprint density at radius 3 is 2.55 bits per heavy atom. The van der Waals surface area contributed by atoms with Gasteiger partial charge in [0.05, 0.1) is 11.0 Å². The van der Waals surface area contributed by atoms with E-state index in [2.05, 4.69) is 62.6 Å². The molecule has 1 aromatic heterocycles. The molecule has 0 bridgehead atoms. The van der Waals surface area contributed by atoms with Crippen LogP contribution in [0.1, 0.15) is 30.4 Å². The van der Waals surface area contributed by atoms with Crippen molar-refractivity contribution in [2.75, 3.05) is 5.32 Å². The highest BCUT2D eigenvalue weighted by Gasteiger charge is 2.25. The van der Waals surface area contributed by atoms with E-state index in [0.717, 1.165) is 53.9 Å². The summed E-state index contributed by atoms with van der Waals surface area (Å²) in [7, 11) is 0. The molecule has 0 saturated heterocycles. The van der Waals surface area contributed by atoms with Gasteiger partial charge in [0.2, 0.25) is 5.91 Å². The maximum atomic E-state index is 12.2. The van der Waals surface area contributed by atoms with Gasteiger partial charge in [-0.3, -0.25) is 9.36 Å². The van der Waals surface area contributed by atoms with Crippen molar-refractivity contribution in [1.82, 2.24) is 14.9 Å². The number of rotatable bonds is 7. The summed E-state index contributed by atoms with van der Waals surface area (Å²) in [5.74, 6) is 0.354.